The summed E-state index contributed by atoms with van der Waals surface area (Å²) in [4.78, 5) is 16.2. The lowest BCUT2D eigenvalue weighted by molar-refractivity contribution is -0.136. The molecule has 1 aliphatic carbocycles. The van der Waals surface area contributed by atoms with Crippen molar-refractivity contribution in [2.24, 2.45) is 11.7 Å². The maximum Gasteiger partial charge on any atom is 0.223 e. The molecule has 0 radical (unpaired) electrons. The Bertz CT molecular complexity index is 240. The average molecular weight is 211 g/mol. The molecule has 2 rings (SSSR count). The Morgan fingerprint density at radius 3 is 2.73 bits per heavy atom. The Balaban J connectivity index is 1.90. The van der Waals surface area contributed by atoms with Crippen molar-refractivity contribution >= 4 is 5.91 Å². The van der Waals surface area contributed by atoms with Crippen molar-refractivity contribution in [3.8, 4) is 0 Å². The monoisotopic (exact) mass is 211 g/mol. The van der Waals surface area contributed by atoms with Crippen LogP contribution in [0.15, 0.2) is 0 Å². The van der Waals surface area contributed by atoms with Crippen molar-refractivity contribution in [1.82, 2.24) is 9.80 Å². The highest BCUT2D eigenvalue weighted by Gasteiger charge is 2.32. The Morgan fingerprint density at radius 2 is 2.13 bits per heavy atom. The molecule has 1 saturated carbocycles. The largest absolute Gasteiger partial charge is 0.336 e. The van der Waals surface area contributed by atoms with E-state index in [1.807, 2.05) is 4.90 Å². The van der Waals surface area contributed by atoms with Crippen molar-refractivity contribution in [3.63, 3.8) is 0 Å². The molecule has 0 aromatic carbocycles. The number of nitrogens with two attached hydrogens (primary N) is 1. The fraction of sp³-hybridized carbons (Fsp3) is 0.909. The zero-order valence-corrected chi connectivity index (χ0v) is 9.48. The Morgan fingerprint density at radius 1 is 1.40 bits per heavy atom. The van der Waals surface area contributed by atoms with Gasteiger partial charge in [-0.2, -0.15) is 0 Å². The van der Waals surface area contributed by atoms with E-state index in [9.17, 15) is 4.79 Å². The molecule has 1 amide bonds. The summed E-state index contributed by atoms with van der Waals surface area (Å²) in [7, 11) is 2.09. The van der Waals surface area contributed by atoms with Gasteiger partial charge >= 0.3 is 0 Å². The van der Waals surface area contributed by atoms with Gasteiger partial charge in [0.2, 0.25) is 5.91 Å². The van der Waals surface area contributed by atoms with E-state index < -0.39 is 0 Å². The van der Waals surface area contributed by atoms with Gasteiger partial charge in [0, 0.05) is 32.6 Å². The molecule has 4 nitrogen and oxygen atoms in total. The number of amides is 1. The average Bonchev–Trinajstić information content (AvgIpc) is 3.01. The van der Waals surface area contributed by atoms with Gasteiger partial charge in [-0.15, -0.1) is 0 Å². The lowest BCUT2D eigenvalue weighted by Gasteiger charge is -2.39. The third kappa shape index (κ3) is 2.69. The zero-order chi connectivity index (χ0) is 10.8. The highest BCUT2D eigenvalue weighted by molar-refractivity contribution is 5.77. The Labute approximate surface area is 91.4 Å². The van der Waals surface area contributed by atoms with Crippen LogP contribution in [0.4, 0.5) is 0 Å². The van der Waals surface area contributed by atoms with Gasteiger partial charge in [0.15, 0.2) is 0 Å². The fourth-order valence-electron chi connectivity index (χ4n) is 2.23. The molecule has 0 aromatic rings. The lowest BCUT2D eigenvalue weighted by Crippen LogP contribution is -2.56. The van der Waals surface area contributed by atoms with Gasteiger partial charge in [-0.3, -0.25) is 4.79 Å². The van der Waals surface area contributed by atoms with E-state index in [1.165, 1.54) is 12.8 Å². The number of hydrogen-bond donors (Lipinski definition) is 1. The standard InChI is InChI=1S/C11H21N3O/c1-13-4-5-14(10(7-12)8-13)11(15)6-9-2-3-9/h9-10H,2-8,12H2,1H3. The van der Waals surface area contributed by atoms with Gasteiger partial charge in [-0.05, 0) is 25.8 Å². The third-order valence-electron chi connectivity index (χ3n) is 3.44. The molecule has 1 unspecified atom stereocenters. The van der Waals surface area contributed by atoms with Crippen molar-refractivity contribution in [3.05, 3.63) is 0 Å². The molecule has 2 N–H and O–H groups in total. The number of nitrogens with zero attached hydrogens (tertiary/aromatic N) is 2. The van der Waals surface area contributed by atoms with Crippen molar-refractivity contribution in [2.75, 3.05) is 33.2 Å². The molecule has 1 atom stereocenters. The van der Waals surface area contributed by atoms with Crippen LogP contribution in [0.5, 0.6) is 0 Å². The lowest BCUT2D eigenvalue weighted by atomic mass is 10.1. The molecule has 1 saturated heterocycles. The SMILES string of the molecule is CN1CCN(C(=O)CC2CC2)C(CN)C1. The van der Waals surface area contributed by atoms with Crippen molar-refractivity contribution in [1.29, 1.82) is 0 Å². The summed E-state index contributed by atoms with van der Waals surface area (Å²) >= 11 is 0. The molecule has 0 aromatic heterocycles. The van der Waals surface area contributed by atoms with Gasteiger partial charge in [-0.1, -0.05) is 0 Å². The predicted octanol–water partition coefficient (Wildman–Crippen LogP) is -0.112. The number of carbonyl (C=O) groups excluding carboxylic acids is 1. The van der Waals surface area contributed by atoms with E-state index in [0.717, 1.165) is 26.1 Å². The summed E-state index contributed by atoms with van der Waals surface area (Å²) in [5, 5.41) is 0. The van der Waals surface area contributed by atoms with Crippen LogP contribution in [0.1, 0.15) is 19.3 Å². The van der Waals surface area contributed by atoms with Crippen molar-refractivity contribution in [2.45, 2.75) is 25.3 Å². The van der Waals surface area contributed by atoms with Crippen molar-refractivity contribution < 1.29 is 4.79 Å². The third-order valence-corrected chi connectivity index (χ3v) is 3.44. The molecule has 1 heterocycles. The second-order valence-corrected chi connectivity index (χ2v) is 4.89. The Kier molecular flexibility index (Phi) is 3.26. The summed E-state index contributed by atoms with van der Waals surface area (Å²) in [5.41, 5.74) is 5.72. The number of piperazine rings is 1. The van der Waals surface area contributed by atoms with E-state index in [1.54, 1.807) is 0 Å². The highest BCUT2D eigenvalue weighted by atomic mass is 16.2. The van der Waals surface area contributed by atoms with E-state index >= 15 is 0 Å². The Hall–Kier alpha value is -0.610. The summed E-state index contributed by atoms with van der Waals surface area (Å²) in [6.45, 7) is 3.34. The fourth-order valence-corrected chi connectivity index (χ4v) is 2.23. The molecule has 15 heavy (non-hydrogen) atoms. The first-order valence-corrected chi connectivity index (χ1v) is 5.88. The van der Waals surface area contributed by atoms with Gasteiger partial charge in [0.25, 0.3) is 0 Å². The molecule has 2 aliphatic rings. The van der Waals surface area contributed by atoms with Crippen LogP contribution in [0.25, 0.3) is 0 Å². The van der Waals surface area contributed by atoms with Crippen LogP contribution < -0.4 is 5.73 Å². The molecular formula is C11H21N3O. The first-order chi connectivity index (χ1) is 7.20. The number of likely N-dealkylation sites (N-methyl/N-ethyl adjacent to an activating group) is 1. The van der Waals surface area contributed by atoms with E-state index in [-0.39, 0.29) is 6.04 Å². The molecule has 2 fully saturated rings. The van der Waals surface area contributed by atoms with Gasteiger partial charge in [0.1, 0.15) is 0 Å². The second-order valence-electron chi connectivity index (χ2n) is 4.89. The number of rotatable bonds is 3. The van der Waals surface area contributed by atoms with Gasteiger partial charge in [-0.25, -0.2) is 0 Å². The highest BCUT2D eigenvalue weighted by Crippen LogP contribution is 2.33. The normalized spacial score (nSPS) is 28.1. The summed E-state index contributed by atoms with van der Waals surface area (Å²) in [6, 6.07) is 0.231. The zero-order valence-electron chi connectivity index (χ0n) is 9.48. The van der Waals surface area contributed by atoms with E-state index in [2.05, 4.69) is 11.9 Å². The van der Waals surface area contributed by atoms with Crippen LogP contribution in [0.3, 0.4) is 0 Å². The van der Waals surface area contributed by atoms with E-state index in [0.29, 0.717) is 18.4 Å². The van der Waals surface area contributed by atoms with E-state index in [4.69, 9.17) is 5.73 Å². The van der Waals surface area contributed by atoms with Crippen LogP contribution in [0, 0.1) is 5.92 Å². The van der Waals surface area contributed by atoms with Crippen LogP contribution in [-0.2, 0) is 4.79 Å². The van der Waals surface area contributed by atoms with Crippen LogP contribution >= 0.6 is 0 Å². The first kappa shape index (κ1) is 10.9. The minimum atomic E-state index is 0.231. The minimum absolute atomic E-state index is 0.231. The molecule has 0 bridgehead atoms. The molecule has 0 spiro atoms. The summed E-state index contributed by atoms with van der Waals surface area (Å²) < 4.78 is 0. The second kappa shape index (κ2) is 4.49. The molecule has 86 valence electrons. The minimum Gasteiger partial charge on any atom is -0.336 e. The molecule has 4 heteroatoms. The molecular weight excluding hydrogens is 190 g/mol. The maximum absolute atomic E-state index is 12.0. The topological polar surface area (TPSA) is 49.6 Å². The quantitative estimate of drug-likeness (QED) is 0.708. The maximum atomic E-state index is 12.0. The predicted molar refractivity (Wildman–Crippen MR) is 59.4 cm³/mol. The number of carbonyl (C=O) groups is 1. The summed E-state index contributed by atoms with van der Waals surface area (Å²) in [6.07, 6.45) is 3.24. The van der Waals surface area contributed by atoms with Crippen LogP contribution in [0.2, 0.25) is 0 Å². The number of hydrogen-bond acceptors (Lipinski definition) is 3. The van der Waals surface area contributed by atoms with Crippen LogP contribution in [-0.4, -0.2) is 55.0 Å². The smallest absolute Gasteiger partial charge is 0.223 e. The first-order valence-electron chi connectivity index (χ1n) is 5.88. The molecule has 1 aliphatic heterocycles. The summed E-state index contributed by atoms with van der Waals surface area (Å²) in [5.74, 6) is 0.997. The van der Waals surface area contributed by atoms with Gasteiger partial charge < -0.3 is 15.5 Å². The van der Waals surface area contributed by atoms with Gasteiger partial charge in [0.05, 0.1) is 6.04 Å².